The largest absolute Gasteiger partial charge is 0.479 e. The van der Waals surface area contributed by atoms with Gasteiger partial charge in [0.15, 0.2) is 11.7 Å². The van der Waals surface area contributed by atoms with Crippen LogP contribution >= 0.6 is 0 Å². The van der Waals surface area contributed by atoms with Crippen molar-refractivity contribution in [3.05, 3.63) is 29.8 Å². The van der Waals surface area contributed by atoms with Crippen LogP contribution < -0.4 is 4.74 Å². The number of carboxylic acids is 1. The van der Waals surface area contributed by atoms with Crippen molar-refractivity contribution >= 4 is 11.9 Å². The molecule has 12 nitrogen and oxygen atoms in total. The van der Waals surface area contributed by atoms with Crippen LogP contribution in [0.1, 0.15) is 25.8 Å². The zero-order valence-electron chi connectivity index (χ0n) is 18.1. The summed E-state index contributed by atoms with van der Waals surface area (Å²) in [6, 6.07) is 5.79. The van der Waals surface area contributed by atoms with Crippen molar-refractivity contribution in [2.75, 3.05) is 6.61 Å². The molecule has 0 radical (unpaired) electrons. The molecule has 1 fully saturated rings. The molecule has 1 aliphatic rings. The summed E-state index contributed by atoms with van der Waals surface area (Å²) in [6.07, 6.45) is -9.83. The summed E-state index contributed by atoms with van der Waals surface area (Å²) in [5.74, 6) is -3.17. The summed E-state index contributed by atoms with van der Waals surface area (Å²) in [5, 5.41) is 68.3. The van der Waals surface area contributed by atoms with Crippen molar-refractivity contribution in [2.45, 2.75) is 69.3 Å². The van der Waals surface area contributed by atoms with Gasteiger partial charge in [0, 0.05) is 0 Å². The third-order valence-corrected chi connectivity index (χ3v) is 5.17. The summed E-state index contributed by atoms with van der Waals surface area (Å²) in [6.45, 7) is 2.31. The van der Waals surface area contributed by atoms with Gasteiger partial charge < -0.3 is 50.0 Å². The molecule has 1 aromatic carbocycles. The van der Waals surface area contributed by atoms with Crippen molar-refractivity contribution in [1.82, 2.24) is 0 Å². The number of benzene rings is 1. The minimum Gasteiger partial charge on any atom is -0.479 e. The first-order chi connectivity index (χ1) is 15.4. The van der Waals surface area contributed by atoms with E-state index in [0.717, 1.165) is 0 Å². The number of aliphatic carboxylic acids is 1. The lowest BCUT2D eigenvalue weighted by molar-refractivity contribution is -0.277. The van der Waals surface area contributed by atoms with Crippen LogP contribution in [0, 0.1) is 5.92 Å². The molecule has 12 heteroatoms. The highest BCUT2D eigenvalue weighted by Crippen LogP contribution is 2.25. The number of carbonyl (C=O) groups is 2. The minimum absolute atomic E-state index is 0.187. The Morgan fingerprint density at radius 3 is 2.21 bits per heavy atom. The standard InChI is InChI=1S/C21H30O12/c1-10(2)7-21(30,20(28)29)17(26)18(27)31-9-11-3-5-12(6-4-11)32-19-16(25)15(24)14(23)13(8-22)33-19/h3-6,10,13-17,19,22-26,30H,7-9H2,1-2H3,(H,28,29). The summed E-state index contributed by atoms with van der Waals surface area (Å²) in [4.78, 5) is 23.5. The SMILES string of the molecule is CC(C)CC(O)(C(=O)O)C(O)C(=O)OCc1ccc(OC2OC(CO)C(O)C(O)C2O)cc1. The van der Waals surface area contributed by atoms with E-state index in [2.05, 4.69) is 0 Å². The Balaban J connectivity index is 1.96. The van der Waals surface area contributed by atoms with Gasteiger partial charge in [-0.15, -0.1) is 0 Å². The fourth-order valence-corrected chi connectivity index (χ4v) is 3.33. The fraction of sp³-hybridized carbons (Fsp3) is 0.619. The van der Waals surface area contributed by atoms with E-state index in [1.54, 1.807) is 13.8 Å². The molecule has 7 N–H and O–H groups in total. The molecule has 0 amide bonds. The number of rotatable bonds is 10. The Kier molecular flexibility index (Phi) is 9.14. The monoisotopic (exact) mass is 474 g/mol. The van der Waals surface area contributed by atoms with E-state index < -0.39 is 61.0 Å². The molecule has 1 aliphatic heterocycles. The number of hydrogen-bond acceptors (Lipinski definition) is 11. The normalized spacial score (nSPS) is 28.1. The minimum atomic E-state index is -2.69. The van der Waals surface area contributed by atoms with Gasteiger partial charge in [0.25, 0.3) is 0 Å². The molecular weight excluding hydrogens is 444 g/mol. The second-order valence-corrected chi connectivity index (χ2v) is 8.30. The van der Waals surface area contributed by atoms with Crippen LogP contribution in [0.3, 0.4) is 0 Å². The molecule has 2 rings (SSSR count). The Hall–Kier alpha value is -2.32. The molecule has 0 bridgehead atoms. The zero-order chi connectivity index (χ0) is 24.9. The molecule has 7 unspecified atom stereocenters. The second-order valence-electron chi connectivity index (χ2n) is 8.30. The smallest absolute Gasteiger partial charge is 0.339 e. The summed E-state index contributed by atoms with van der Waals surface area (Å²) in [7, 11) is 0. The van der Waals surface area contributed by atoms with E-state index in [4.69, 9.17) is 14.2 Å². The number of carboxylic acid groups (broad SMARTS) is 1. The molecule has 33 heavy (non-hydrogen) atoms. The maximum Gasteiger partial charge on any atom is 0.339 e. The molecule has 0 aromatic heterocycles. The predicted molar refractivity (Wildman–Crippen MR) is 109 cm³/mol. The Morgan fingerprint density at radius 2 is 1.70 bits per heavy atom. The predicted octanol–water partition coefficient (Wildman–Crippen LogP) is -1.87. The van der Waals surface area contributed by atoms with Crippen molar-refractivity contribution in [3.63, 3.8) is 0 Å². The average Bonchev–Trinajstić information content (AvgIpc) is 2.77. The van der Waals surface area contributed by atoms with Crippen molar-refractivity contribution in [3.8, 4) is 5.75 Å². The van der Waals surface area contributed by atoms with E-state index in [9.17, 15) is 45.3 Å². The highest BCUT2D eigenvalue weighted by Gasteiger charge is 2.48. The first-order valence-corrected chi connectivity index (χ1v) is 10.3. The lowest BCUT2D eigenvalue weighted by Crippen LogP contribution is -2.60. The molecule has 186 valence electrons. The van der Waals surface area contributed by atoms with Crippen LogP contribution in [0.5, 0.6) is 5.75 Å². The van der Waals surface area contributed by atoms with Crippen LogP contribution in [-0.2, 0) is 25.7 Å². The molecule has 1 heterocycles. The number of hydrogen-bond donors (Lipinski definition) is 7. The highest BCUT2D eigenvalue weighted by atomic mass is 16.7. The van der Waals surface area contributed by atoms with Crippen LogP contribution in [0.15, 0.2) is 24.3 Å². The van der Waals surface area contributed by atoms with E-state index in [1.165, 1.54) is 24.3 Å². The van der Waals surface area contributed by atoms with Crippen LogP contribution in [-0.4, -0.2) is 96.7 Å². The zero-order valence-corrected chi connectivity index (χ0v) is 18.1. The summed E-state index contributed by atoms with van der Waals surface area (Å²) in [5.41, 5.74) is -2.26. The van der Waals surface area contributed by atoms with E-state index in [-0.39, 0.29) is 24.7 Å². The number of aliphatic hydroxyl groups excluding tert-OH is 5. The summed E-state index contributed by atoms with van der Waals surface area (Å²) < 4.78 is 15.6. The van der Waals surface area contributed by atoms with Gasteiger partial charge in [-0.2, -0.15) is 0 Å². The van der Waals surface area contributed by atoms with Gasteiger partial charge in [0.1, 0.15) is 36.8 Å². The number of esters is 1. The van der Waals surface area contributed by atoms with E-state index in [0.29, 0.717) is 5.56 Å². The fourth-order valence-electron chi connectivity index (χ4n) is 3.33. The lowest BCUT2D eigenvalue weighted by Gasteiger charge is -2.39. The van der Waals surface area contributed by atoms with Gasteiger partial charge in [0.05, 0.1) is 6.61 Å². The van der Waals surface area contributed by atoms with E-state index >= 15 is 0 Å². The molecule has 0 saturated carbocycles. The second kappa shape index (κ2) is 11.2. The van der Waals surface area contributed by atoms with Gasteiger partial charge in [-0.25, -0.2) is 9.59 Å². The van der Waals surface area contributed by atoms with Gasteiger partial charge in [-0.3, -0.25) is 0 Å². The van der Waals surface area contributed by atoms with Crippen LogP contribution in [0.2, 0.25) is 0 Å². The topological polar surface area (TPSA) is 203 Å². The Morgan fingerprint density at radius 1 is 1.09 bits per heavy atom. The molecule has 0 spiro atoms. The Bertz CT molecular complexity index is 795. The molecule has 0 aliphatic carbocycles. The first kappa shape index (κ1) is 26.9. The number of carbonyl (C=O) groups excluding carboxylic acids is 1. The molecule has 1 saturated heterocycles. The van der Waals surface area contributed by atoms with Crippen molar-refractivity contribution in [2.24, 2.45) is 5.92 Å². The van der Waals surface area contributed by atoms with Crippen LogP contribution in [0.25, 0.3) is 0 Å². The first-order valence-electron chi connectivity index (χ1n) is 10.3. The quantitative estimate of drug-likeness (QED) is 0.186. The van der Waals surface area contributed by atoms with Gasteiger partial charge in [-0.1, -0.05) is 26.0 Å². The van der Waals surface area contributed by atoms with Crippen molar-refractivity contribution < 1.29 is 59.5 Å². The third kappa shape index (κ3) is 6.38. The van der Waals surface area contributed by atoms with E-state index in [1.807, 2.05) is 0 Å². The molecule has 1 aromatic rings. The highest BCUT2D eigenvalue weighted by molar-refractivity contribution is 5.87. The van der Waals surface area contributed by atoms with Gasteiger partial charge >= 0.3 is 11.9 Å². The number of aliphatic hydroxyl groups is 6. The average molecular weight is 474 g/mol. The Labute approximate surface area is 189 Å². The summed E-state index contributed by atoms with van der Waals surface area (Å²) >= 11 is 0. The lowest BCUT2D eigenvalue weighted by atomic mass is 9.87. The van der Waals surface area contributed by atoms with Gasteiger partial charge in [-0.05, 0) is 30.0 Å². The maximum atomic E-state index is 12.1. The number of ether oxygens (including phenoxy) is 3. The third-order valence-electron chi connectivity index (χ3n) is 5.17. The molecular formula is C21H30O12. The molecule has 7 atom stereocenters. The van der Waals surface area contributed by atoms with Crippen molar-refractivity contribution in [1.29, 1.82) is 0 Å². The van der Waals surface area contributed by atoms with Crippen LogP contribution in [0.4, 0.5) is 0 Å². The maximum absolute atomic E-state index is 12.1. The van der Waals surface area contributed by atoms with Gasteiger partial charge in [0.2, 0.25) is 6.29 Å².